The van der Waals surface area contributed by atoms with Crippen LogP contribution in [0.5, 0.6) is 0 Å². The minimum Gasteiger partial charge on any atom is -0.310 e. The van der Waals surface area contributed by atoms with Crippen LogP contribution < -0.4 is 26.2 Å². The molecule has 490 valence electrons. The molecule has 0 unspecified atom stereocenters. The largest absolute Gasteiger partial charge is 0.310 e. The molecule has 0 bridgehead atoms. The number of nitrogens with zero attached hydrogens (tertiary/aromatic N) is 3. The second kappa shape index (κ2) is 23.9. The van der Waals surface area contributed by atoms with Crippen LogP contribution in [-0.4, -0.2) is 11.7 Å². The van der Waals surface area contributed by atoms with Gasteiger partial charge in [-0.25, -0.2) is 0 Å². The third-order valence-electron chi connectivity index (χ3n) is 20.1. The topological polar surface area (TPSA) is 19.4 Å². The van der Waals surface area contributed by atoms with Gasteiger partial charge in [0, 0.05) is 67.2 Å². The van der Waals surface area contributed by atoms with Crippen molar-refractivity contribution >= 4 is 57.2 Å². The molecule has 0 spiro atoms. The summed E-state index contributed by atoms with van der Waals surface area (Å²) in [5.74, 6) is 0. The number of aromatic nitrogens is 1. The highest BCUT2D eigenvalue weighted by molar-refractivity contribution is 7.00. The summed E-state index contributed by atoms with van der Waals surface area (Å²) >= 11 is 0. The van der Waals surface area contributed by atoms with Crippen LogP contribution in [0, 0.1) is 0 Å². The van der Waals surface area contributed by atoms with Gasteiger partial charge < -0.3 is 9.80 Å². The zero-order valence-corrected chi connectivity index (χ0v) is 61.4. The maximum absolute atomic E-state index is 9.61. The van der Waals surface area contributed by atoms with Crippen molar-refractivity contribution in [1.29, 1.82) is 0 Å². The summed E-state index contributed by atoms with van der Waals surface area (Å²) in [6, 6.07) is 71.2. The molecule has 0 aliphatic carbocycles. The first-order chi connectivity index (χ1) is 47.6. The predicted octanol–water partition coefficient (Wildman–Crippen LogP) is 24.2. The number of rotatable bonds is 8. The van der Waals surface area contributed by atoms with Crippen molar-refractivity contribution in [2.24, 2.45) is 0 Å². The third-order valence-corrected chi connectivity index (χ3v) is 20.1. The number of benzene rings is 10. The fourth-order valence-corrected chi connectivity index (χ4v) is 14.1. The maximum atomic E-state index is 9.61. The smallest absolute Gasteiger partial charge is 0.252 e. The Morgan fingerprint density at radius 1 is 0.278 bits per heavy atom. The van der Waals surface area contributed by atoms with Crippen LogP contribution >= 0.6 is 0 Å². The van der Waals surface area contributed by atoms with E-state index >= 15 is 0 Å². The maximum Gasteiger partial charge on any atom is 0.252 e. The molecular formula is C93H100BN3. The molecule has 1 aromatic heterocycles. The van der Waals surface area contributed by atoms with Crippen LogP contribution in [0.15, 0.2) is 224 Å². The summed E-state index contributed by atoms with van der Waals surface area (Å²) in [7, 11) is 0. The Labute approximate surface area is 589 Å². The molecule has 0 saturated heterocycles. The van der Waals surface area contributed by atoms with Crippen molar-refractivity contribution in [3.8, 4) is 66.8 Å². The predicted molar refractivity (Wildman–Crippen MR) is 422 cm³/mol. The van der Waals surface area contributed by atoms with E-state index in [1.54, 1.807) is 0 Å². The SMILES string of the molecule is [2H]c1c([2H])c([2H])c(-c2ccc3c(c2)N(c2c(-c4ccccc4)cc(C(C)(C)C)cc2-c2ccccc2)c2cc(C(C)(C)C)cc4c2B3c2ccc(-c3cc(C(C)(C)C)cc(C(C)(C)C)c3)cc2N4c2c(-c3ccccc3)cc(C(C)(C)C)cc2-c2cc(C(C)(C)C)nc(C(C)(C)C)c2)c([2H])c1[2H]. The van der Waals surface area contributed by atoms with E-state index in [0.29, 0.717) is 5.56 Å². The van der Waals surface area contributed by atoms with E-state index in [1.807, 2.05) is 6.07 Å². The quantitative estimate of drug-likeness (QED) is 0.141. The highest BCUT2D eigenvalue weighted by Gasteiger charge is 2.47. The Kier molecular flexibility index (Phi) is 14.9. The Hall–Kier alpha value is -8.99. The summed E-state index contributed by atoms with van der Waals surface area (Å²) in [6.07, 6.45) is 0. The van der Waals surface area contributed by atoms with Gasteiger partial charge in [0.25, 0.3) is 6.71 Å². The number of hydrogen-bond acceptors (Lipinski definition) is 3. The van der Waals surface area contributed by atoms with Crippen LogP contribution in [0.1, 0.15) is 191 Å². The molecule has 2 aliphatic rings. The molecule has 0 fully saturated rings. The number of fused-ring (bicyclic) bond motifs is 4. The highest BCUT2D eigenvalue weighted by Crippen LogP contribution is 2.56. The van der Waals surface area contributed by atoms with Gasteiger partial charge in [-0.15, -0.1) is 0 Å². The molecule has 97 heavy (non-hydrogen) atoms. The fourth-order valence-electron chi connectivity index (χ4n) is 14.1. The second-order valence-corrected chi connectivity index (χ2v) is 34.7. The molecule has 4 heteroatoms. The van der Waals surface area contributed by atoms with Crippen LogP contribution in [0.4, 0.5) is 34.1 Å². The lowest BCUT2D eigenvalue weighted by molar-refractivity contribution is 0.531. The standard InChI is InChI=1S/C93H100BN3/c1-87(2,3)67-46-65(47-68(52-67)88(4,5)6)64-43-45-77-79(49-64)97(86-74(62-40-32-25-33-41-62)55-70(90(10,11)12)56-75(86)66-50-82(92(16,17)18)95-83(51-66)93(19,20)21)81-58-71(91(13,14)15)57-80-84(81)94(77)76-44-42-63(59-34-26-22-27-35-59)48-78(76)96(80)85-72(60-36-28-23-29-37-60)53-69(89(7,8)9)54-73(85)61-38-30-24-31-39-61/h22-58H,1-21H3/i22D,26D,27D,34D,35D. The number of pyridine rings is 1. The van der Waals surface area contributed by atoms with E-state index in [0.717, 1.165) is 123 Å². The normalized spacial score (nSPS) is 14.3. The summed E-state index contributed by atoms with van der Waals surface area (Å²) in [4.78, 5) is 10.7. The lowest BCUT2D eigenvalue weighted by Crippen LogP contribution is -2.61. The Morgan fingerprint density at radius 2 is 0.608 bits per heavy atom. The Bertz CT molecular complexity index is 4990. The molecule has 3 nitrogen and oxygen atoms in total. The van der Waals surface area contributed by atoms with Crippen LogP contribution in [0.25, 0.3) is 66.8 Å². The van der Waals surface area contributed by atoms with Gasteiger partial charge in [-0.05, 0) is 176 Å². The van der Waals surface area contributed by atoms with Gasteiger partial charge in [0.1, 0.15) is 0 Å². The van der Waals surface area contributed by atoms with Gasteiger partial charge in [0.05, 0.1) is 18.2 Å². The molecule has 3 heterocycles. The third kappa shape index (κ3) is 12.6. The number of anilines is 6. The Balaban J connectivity index is 1.29. The van der Waals surface area contributed by atoms with E-state index < -0.39 is 18.2 Å². The van der Waals surface area contributed by atoms with Gasteiger partial charge >= 0.3 is 0 Å². The van der Waals surface area contributed by atoms with Crippen molar-refractivity contribution in [2.45, 2.75) is 183 Å². The van der Waals surface area contributed by atoms with Gasteiger partial charge in [-0.3, -0.25) is 4.98 Å². The van der Waals surface area contributed by atoms with E-state index in [9.17, 15) is 2.74 Å². The minimum atomic E-state index is -0.428. The summed E-state index contributed by atoms with van der Waals surface area (Å²) in [6.45, 7) is 48.0. The van der Waals surface area contributed by atoms with E-state index in [2.05, 4.69) is 343 Å². The molecule has 13 rings (SSSR count). The molecule has 0 amide bonds. The lowest BCUT2D eigenvalue weighted by atomic mass is 9.33. The van der Waals surface area contributed by atoms with Crippen molar-refractivity contribution in [1.82, 2.24) is 4.98 Å². The van der Waals surface area contributed by atoms with Crippen molar-refractivity contribution in [2.75, 3.05) is 9.80 Å². The molecule has 0 N–H and O–H groups in total. The van der Waals surface area contributed by atoms with E-state index in [4.69, 9.17) is 9.10 Å². The van der Waals surface area contributed by atoms with Crippen molar-refractivity contribution < 1.29 is 6.85 Å². The molecule has 0 radical (unpaired) electrons. The van der Waals surface area contributed by atoms with E-state index in [1.165, 1.54) is 22.3 Å². The molecule has 0 saturated carbocycles. The van der Waals surface area contributed by atoms with Gasteiger partial charge in [0.2, 0.25) is 0 Å². The molecule has 0 atom stereocenters. The van der Waals surface area contributed by atoms with Crippen LogP contribution in [0.3, 0.4) is 0 Å². The van der Waals surface area contributed by atoms with Crippen molar-refractivity contribution in [3.63, 3.8) is 0 Å². The number of hydrogen-bond donors (Lipinski definition) is 0. The molecule has 11 aromatic rings. The van der Waals surface area contributed by atoms with Crippen LogP contribution in [0.2, 0.25) is 0 Å². The highest BCUT2D eigenvalue weighted by atomic mass is 15.2. The summed E-state index contributed by atoms with van der Waals surface area (Å²) in [5.41, 5.74) is 26.9. The van der Waals surface area contributed by atoms with E-state index in [-0.39, 0.29) is 62.2 Å². The zero-order chi connectivity index (χ0) is 73.6. The minimum absolute atomic E-state index is 0.148. The van der Waals surface area contributed by atoms with Gasteiger partial charge in [0.15, 0.2) is 0 Å². The second-order valence-electron chi connectivity index (χ2n) is 34.7. The molecule has 10 aromatic carbocycles. The molecular weight excluding hydrogens is 1170 g/mol. The van der Waals surface area contributed by atoms with Gasteiger partial charge in [-0.2, -0.15) is 0 Å². The average Bonchev–Trinajstić information content (AvgIpc) is 0.685. The van der Waals surface area contributed by atoms with Crippen molar-refractivity contribution in [3.05, 3.63) is 264 Å². The average molecular weight is 1280 g/mol. The first-order valence-corrected chi connectivity index (χ1v) is 35.0. The summed E-state index contributed by atoms with van der Waals surface area (Å²) < 4.78 is 46.2. The van der Waals surface area contributed by atoms with Crippen LogP contribution in [-0.2, 0) is 37.9 Å². The summed E-state index contributed by atoms with van der Waals surface area (Å²) in [5, 5.41) is 0. The first-order valence-electron chi connectivity index (χ1n) is 37.5. The lowest BCUT2D eigenvalue weighted by Gasteiger charge is -2.47. The zero-order valence-electron chi connectivity index (χ0n) is 66.4. The molecule has 2 aliphatic heterocycles. The fraction of sp³-hybridized carbons (Fsp3) is 0.301. The first kappa shape index (κ1) is 60.4. The van der Waals surface area contributed by atoms with Gasteiger partial charge in [-0.1, -0.05) is 309 Å². The monoisotopic (exact) mass is 1270 g/mol. The Morgan fingerprint density at radius 3 is 0.959 bits per heavy atom.